The number of thiazole rings is 1. The van der Waals surface area contributed by atoms with E-state index < -0.39 is 0 Å². The van der Waals surface area contributed by atoms with E-state index in [0.717, 1.165) is 10.0 Å². The Morgan fingerprint density at radius 3 is 2.72 bits per heavy atom. The largest absolute Gasteiger partial charge is 0.496 e. The van der Waals surface area contributed by atoms with Gasteiger partial charge in [-0.2, -0.15) is 0 Å². The van der Waals surface area contributed by atoms with Crippen LogP contribution in [0.15, 0.2) is 58.9 Å². The average Bonchev–Trinajstić information content (AvgIpc) is 3.14. The van der Waals surface area contributed by atoms with Gasteiger partial charge < -0.3 is 14.8 Å². The minimum Gasteiger partial charge on any atom is -0.496 e. The van der Waals surface area contributed by atoms with Crippen LogP contribution in [-0.2, 0) is 0 Å². The Balaban J connectivity index is 1.65. The molecule has 0 unspecified atom stereocenters. The highest BCUT2D eigenvalue weighted by atomic mass is 35.5. The number of nitrogens with zero attached hydrogens (tertiary/aromatic N) is 1. The third-order valence-electron chi connectivity index (χ3n) is 3.21. The Kier molecular flexibility index (Phi) is 5.80. The van der Waals surface area contributed by atoms with Crippen molar-refractivity contribution >= 4 is 51.6 Å². The molecule has 8 heteroatoms. The van der Waals surface area contributed by atoms with E-state index in [1.807, 2.05) is 29.6 Å². The maximum Gasteiger partial charge on any atom is 0.259 e. The lowest BCUT2D eigenvalue weighted by Crippen LogP contribution is -2.13. The van der Waals surface area contributed by atoms with Crippen LogP contribution in [-0.4, -0.2) is 18.0 Å². The summed E-state index contributed by atoms with van der Waals surface area (Å²) in [5.41, 5.74) is 1.07. The maximum absolute atomic E-state index is 12.4. The fourth-order valence-corrected chi connectivity index (χ4v) is 3.43. The van der Waals surface area contributed by atoms with Crippen LogP contribution in [0.4, 0.5) is 10.8 Å². The number of halogens is 1. The van der Waals surface area contributed by atoms with Gasteiger partial charge in [0, 0.05) is 27.2 Å². The van der Waals surface area contributed by atoms with Gasteiger partial charge in [0.25, 0.3) is 5.91 Å². The summed E-state index contributed by atoms with van der Waals surface area (Å²) in [6.45, 7) is 0. The summed E-state index contributed by atoms with van der Waals surface area (Å²) in [7, 11) is 1.52. The molecule has 25 heavy (non-hydrogen) atoms. The topological polar surface area (TPSA) is 63.2 Å². The standard InChI is InChI=1S/C17H14ClN3O2S2/c1-23-15-7-2-11(18)10-14(15)16(22)20-12-3-5-13(6-4-12)25-21-17-19-8-9-24-17/h2-10H,1H3,(H,19,21)(H,20,22). The van der Waals surface area contributed by atoms with Gasteiger partial charge in [0.15, 0.2) is 5.13 Å². The van der Waals surface area contributed by atoms with Gasteiger partial charge in [-0.1, -0.05) is 11.6 Å². The van der Waals surface area contributed by atoms with Crippen LogP contribution in [0, 0.1) is 0 Å². The van der Waals surface area contributed by atoms with Crippen LogP contribution in [0.3, 0.4) is 0 Å². The third kappa shape index (κ3) is 4.66. The van der Waals surface area contributed by atoms with Crippen molar-refractivity contribution in [3.8, 4) is 5.75 Å². The molecule has 2 aromatic carbocycles. The number of nitrogens with one attached hydrogen (secondary N) is 2. The number of carbonyl (C=O) groups excluding carboxylic acids is 1. The monoisotopic (exact) mass is 391 g/mol. The van der Waals surface area contributed by atoms with Crippen LogP contribution in [0.5, 0.6) is 5.75 Å². The molecule has 0 aliphatic carbocycles. The molecule has 5 nitrogen and oxygen atoms in total. The Bertz CT molecular complexity index is 855. The van der Waals surface area contributed by atoms with E-state index in [2.05, 4.69) is 15.0 Å². The first-order valence-corrected chi connectivity index (χ1v) is 9.30. The number of hydrogen-bond acceptors (Lipinski definition) is 6. The summed E-state index contributed by atoms with van der Waals surface area (Å²) in [6, 6.07) is 12.4. The Morgan fingerprint density at radius 2 is 2.04 bits per heavy atom. The predicted octanol–water partition coefficient (Wildman–Crippen LogP) is 5.18. The summed E-state index contributed by atoms with van der Waals surface area (Å²) < 4.78 is 8.36. The molecule has 0 atom stereocenters. The Labute approximate surface area is 158 Å². The van der Waals surface area contributed by atoms with Crippen LogP contribution < -0.4 is 14.8 Å². The summed E-state index contributed by atoms with van der Waals surface area (Å²) in [4.78, 5) is 17.6. The molecule has 1 amide bonds. The van der Waals surface area contributed by atoms with Crippen molar-refractivity contribution in [2.24, 2.45) is 0 Å². The number of amides is 1. The van der Waals surface area contributed by atoms with Gasteiger partial charge in [0.1, 0.15) is 5.75 Å². The first-order chi connectivity index (χ1) is 12.2. The van der Waals surface area contributed by atoms with Crippen LogP contribution in [0.2, 0.25) is 5.02 Å². The number of anilines is 2. The molecule has 3 rings (SSSR count). The molecule has 0 bridgehead atoms. The fraction of sp³-hybridized carbons (Fsp3) is 0.0588. The molecule has 3 aromatic rings. The minimum atomic E-state index is -0.277. The number of benzene rings is 2. The van der Waals surface area contributed by atoms with Crippen molar-refractivity contribution in [1.29, 1.82) is 0 Å². The molecular formula is C17H14ClN3O2S2. The highest BCUT2D eigenvalue weighted by Crippen LogP contribution is 2.26. The number of rotatable bonds is 6. The first kappa shape index (κ1) is 17.6. The predicted molar refractivity (Wildman–Crippen MR) is 104 cm³/mol. The van der Waals surface area contributed by atoms with Gasteiger partial charge in [-0.05, 0) is 54.4 Å². The molecule has 2 N–H and O–H groups in total. The molecule has 0 saturated heterocycles. The van der Waals surface area contributed by atoms with E-state index in [-0.39, 0.29) is 5.91 Å². The summed E-state index contributed by atoms with van der Waals surface area (Å²) in [5, 5.41) is 6.07. The SMILES string of the molecule is COc1ccc(Cl)cc1C(=O)Nc1ccc(SNc2nccs2)cc1. The number of aromatic nitrogens is 1. The fourth-order valence-electron chi connectivity index (χ4n) is 2.04. The second-order valence-corrected chi connectivity index (χ2v) is 7.08. The van der Waals surface area contributed by atoms with E-state index in [0.29, 0.717) is 22.0 Å². The molecule has 1 aromatic heterocycles. The lowest BCUT2D eigenvalue weighted by atomic mass is 10.2. The second kappa shape index (κ2) is 8.24. The number of ether oxygens (including phenoxy) is 1. The van der Waals surface area contributed by atoms with Crippen LogP contribution in [0.1, 0.15) is 10.4 Å². The molecule has 0 aliphatic heterocycles. The zero-order valence-corrected chi connectivity index (χ0v) is 15.5. The van der Waals surface area contributed by atoms with Crippen LogP contribution >= 0.6 is 34.9 Å². The third-order valence-corrected chi connectivity index (χ3v) is 5.06. The zero-order chi connectivity index (χ0) is 17.6. The van der Waals surface area contributed by atoms with Gasteiger partial charge in [0.05, 0.1) is 12.7 Å². The van der Waals surface area contributed by atoms with Crippen molar-refractivity contribution in [3.63, 3.8) is 0 Å². The molecule has 128 valence electrons. The smallest absolute Gasteiger partial charge is 0.259 e. The summed E-state index contributed by atoms with van der Waals surface area (Å²) >= 11 is 8.96. The van der Waals surface area contributed by atoms with E-state index >= 15 is 0 Å². The minimum absolute atomic E-state index is 0.277. The maximum atomic E-state index is 12.4. The molecule has 0 spiro atoms. The molecule has 0 radical (unpaired) electrons. The zero-order valence-electron chi connectivity index (χ0n) is 13.2. The molecule has 0 fully saturated rings. The average molecular weight is 392 g/mol. The van der Waals surface area contributed by atoms with Gasteiger partial charge in [0.2, 0.25) is 0 Å². The number of hydrogen-bond donors (Lipinski definition) is 2. The Morgan fingerprint density at radius 1 is 1.24 bits per heavy atom. The number of methoxy groups -OCH3 is 1. The lowest BCUT2D eigenvalue weighted by molar-refractivity contribution is 0.102. The van der Waals surface area contributed by atoms with E-state index in [1.165, 1.54) is 30.4 Å². The second-order valence-electron chi connectivity index (χ2n) is 4.86. The van der Waals surface area contributed by atoms with E-state index in [1.54, 1.807) is 24.4 Å². The normalized spacial score (nSPS) is 10.3. The van der Waals surface area contributed by atoms with Gasteiger partial charge >= 0.3 is 0 Å². The molecule has 0 aliphatic rings. The van der Waals surface area contributed by atoms with E-state index in [9.17, 15) is 4.79 Å². The molecule has 1 heterocycles. The van der Waals surface area contributed by atoms with Gasteiger partial charge in [-0.3, -0.25) is 4.79 Å². The van der Waals surface area contributed by atoms with Gasteiger partial charge in [-0.15, -0.1) is 11.3 Å². The van der Waals surface area contributed by atoms with Crippen molar-refractivity contribution < 1.29 is 9.53 Å². The van der Waals surface area contributed by atoms with Crippen LogP contribution in [0.25, 0.3) is 0 Å². The molecule has 0 saturated carbocycles. The lowest BCUT2D eigenvalue weighted by Gasteiger charge is -2.10. The van der Waals surface area contributed by atoms with Crippen molar-refractivity contribution in [2.45, 2.75) is 4.90 Å². The number of carbonyl (C=O) groups is 1. The quantitative estimate of drug-likeness (QED) is 0.567. The van der Waals surface area contributed by atoms with Crippen molar-refractivity contribution in [1.82, 2.24) is 4.98 Å². The first-order valence-electron chi connectivity index (χ1n) is 7.23. The highest BCUT2D eigenvalue weighted by molar-refractivity contribution is 8.00. The Hall–Kier alpha value is -2.22. The summed E-state index contributed by atoms with van der Waals surface area (Å²) in [5.74, 6) is 0.197. The van der Waals surface area contributed by atoms with Gasteiger partial charge in [-0.25, -0.2) is 4.98 Å². The highest BCUT2D eigenvalue weighted by Gasteiger charge is 2.13. The molecular weight excluding hydrogens is 378 g/mol. The summed E-state index contributed by atoms with van der Waals surface area (Å²) in [6.07, 6.45) is 1.75. The van der Waals surface area contributed by atoms with E-state index in [4.69, 9.17) is 16.3 Å². The van der Waals surface area contributed by atoms with Crippen molar-refractivity contribution in [2.75, 3.05) is 17.1 Å². The van der Waals surface area contributed by atoms with Crippen molar-refractivity contribution in [3.05, 3.63) is 64.6 Å².